The quantitative estimate of drug-likeness (QED) is 0.878. The molecule has 0 bridgehead atoms. The molecule has 21 heavy (non-hydrogen) atoms. The van der Waals surface area contributed by atoms with E-state index in [2.05, 4.69) is 4.74 Å². The Kier molecular flexibility index (Phi) is 4.63. The van der Waals surface area contributed by atoms with Crippen molar-refractivity contribution in [2.45, 2.75) is 37.8 Å². The summed E-state index contributed by atoms with van der Waals surface area (Å²) in [6.07, 6.45) is -2.62. The van der Waals surface area contributed by atoms with Gasteiger partial charge in [-0.15, -0.1) is 13.2 Å². The molecule has 0 saturated heterocycles. The van der Waals surface area contributed by atoms with Gasteiger partial charge in [0.25, 0.3) is 0 Å². The van der Waals surface area contributed by atoms with Gasteiger partial charge in [-0.2, -0.15) is 0 Å². The first-order valence-corrected chi connectivity index (χ1v) is 6.69. The van der Waals surface area contributed by atoms with E-state index in [4.69, 9.17) is 10.5 Å². The summed E-state index contributed by atoms with van der Waals surface area (Å²) in [5.41, 5.74) is 6.47. The molecule has 0 radical (unpaired) electrons. The van der Waals surface area contributed by atoms with E-state index < -0.39 is 18.5 Å². The Labute approximate surface area is 120 Å². The van der Waals surface area contributed by atoms with Crippen LogP contribution in [0, 0.1) is 5.92 Å². The highest BCUT2D eigenvalue weighted by molar-refractivity contribution is 5.43. The van der Waals surface area contributed by atoms with Gasteiger partial charge in [-0.25, -0.2) is 0 Å². The molecule has 1 fully saturated rings. The van der Waals surface area contributed by atoms with E-state index in [-0.39, 0.29) is 17.4 Å². The normalized spacial score (nSPS) is 18.8. The standard InChI is InChI=1S/C14H18F3NO3/c1-20-11-7-9(21-14(15,16)17)5-6-10(11)12(18)13(19)8-3-2-4-8/h5-8,12-13,19H,2-4,18H2,1H3/t12-,13+/m0/s1. The molecule has 1 aliphatic carbocycles. The first-order chi connectivity index (χ1) is 9.81. The lowest BCUT2D eigenvalue weighted by Crippen LogP contribution is -2.36. The summed E-state index contributed by atoms with van der Waals surface area (Å²) >= 11 is 0. The molecule has 1 saturated carbocycles. The molecule has 7 heteroatoms. The van der Waals surface area contributed by atoms with Crippen molar-refractivity contribution in [3.8, 4) is 11.5 Å². The maximum absolute atomic E-state index is 12.2. The number of nitrogens with two attached hydrogens (primary N) is 1. The van der Waals surface area contributed by atoms with E-state index >= 15 is 0 Å². The fraction of sp³-hybridized carbons (Fsp3) is 0.571. The number of methoxy groups -OCH3 is 1. The molecule has 0 spiro atoms. The van der Waals surface area contributed by atoms with Gasteiger partial charge in [0.2, 0.25) is 0 Å². The number of alkyl halides is 3. The van der Waals surface area contributed by atoms with Crippen LogP contribution in [0.1, 0.15) is 30.9 Å². The van der Waals surface area contributed by atoms with Crippen molar-refractivity contribution < 1.29 is 27.8 Å². The molecule has 1 aliphatic rings. The second-order valence-corrected chi connectivity index (χ2v) is 5.16. The summed E-state index contributed by atoms with van der Waals surface area (Å²) in [6, 6.07) is 2.98. The molecule has 4 nitrogen and oxygen atoms in total. The lowest BCUT2D eigenvalue weighted by Gasteiger charge is -2.34. The van der Waals surface area contributed by atoms with Crippen LogP contribution in [0.4, 0.5) is 13.2 Å². The molecule has 1 aromatic rings. The van der Waals surface area contributed by atoms with Crippen molar-refractivity contribution in [2.24, 2.45) is 11.7 Å². The number of benzene rings is 1. The van der Waals surface area contributed by atoms with Gasteiger partial charge in [0.05, 0.1) is 19.3 Å². The molecular weight excluding hydrogens is 287 g/mol. The minimum absolute atomic E-state index is 0.135. The molecule has 2 atom stereocenters. The van der Waals surface area contributed by atoms with E-state index in [0.717, 1.165) is 25.3 Å². The third kappa shape index (κ3) is 3.79. The van der Waals surface area contributed by atoms with Gasteiger partial charge in [0.15, 0.2) is 0 Å². The average molecular weight is 305 g/mol. The van der Waals surface area contributed by atoms with Crippen LogP contribution in [0.25, 0.3) is 0 Å². The summed E-state index contributed by atoms with van der Waals surface area (Å²) in [4.78, 5) is 0. The van der Waals surface area contributed by atoms with E-state index in [9.17, 15) is 18.3 Å². The predicted molar refractivity (Wildman–Crippen MR) is 70.0 cm³/mol. The van der Waals surface area contributed by atoms with Crippen molar-refractivity contribution >= 4 is 0 Å². The Morgan fingerprint density at radius 1 is 1.33 bits per heavy atom. The Morgan fingerprint density at radius 3 is 2.48 bits per heavy atom. The maximum Gasteiger partial charge on any atom is 0.573 e. The lowest BCUT2D eigenvalue weighted by atomic mass is 9.77. The number of aliphatic hydroxyl groups excluding tert-OH is 1. The number of aliphatic hydroxyl groups is 1. The highest BCUT2D eigenvalue weighted by Gasteiger charge is 2.33. The zero-order valence-corrected chi connectivity index (χ0v) is 11.6. The molecule has 2 rings (SSSR count). The highest BCUT2D eigenvalue weighted by Crippen LogP contribution is 2.38. The zero-order chi connectivity index (χ0) is 15.6. The molecule has 0 heterocycles. The van der Waals surface area contributed by atoms with Crippen molar-refractivity contribution in [3.63, 3.8) is 0 Å². The SMILES string of the molecule is COc1cc(OC(F)(F)F)ccc1[C@H](N)[C@H](O)C1CCC1. The van der Waals surface area contributed by atoms with Crippen molar-refractivity contribution in [3.05, 3.63) is 23.8 Å². The van der Waals surface area contributed by atoms with Crippen LogP contribution in [0.5, 0.6) is 11.5 Å². The van der Waals surface area contributed by atoms with Gasteiger partial charge in [-0.1, -0.05) is 6.42 Å². The Balaban J connectivity index is 2.19. The Bertz CT molecular complexity index is 489. The maximum atomic E-state index is 12.2. The zero-order valence-electron chi connectivity index (χ0n) is 11.6. The minimum atomic E-state index is -4.76. The largest absolute Gasteiger partial charge is 0.573 e. The molecule has 0 aromatic heterocycles. The Hall–Kier alpha value is -1.47. The molecule has 0 amide bonds. The predicted octanol–water partition coefficient (Wildman–Crippen LogP) is 2.75. The number of ether oxygens (including phenoxy) is 2. The fourth-order valence-electron chi connectivity index (χ4n) is 2.42. The Morgan fingerprint density at radius 2 is 2.00 bits per heavy atom. The van der Waals surface area contributed by atoms with E-state index in [1.165, 1.54) is 19.2 Å². The lowest BCUT2D eigenvalue weighted by molar-refractivity contribution is -0.274. The number of hydrogen-bond donors (Lipinski definition) is 2. The first-order valence-electron chi connectivity index (χ1n) is 6.69. The summed E-state index contributed by atoms with van der Waals surface area (Å²) in [7, 11) is 1.33. The monoisotopic (exact) mass is 305 g/mol. The second kappa shape index (κ2) is 6.11. The fourth-order valence-corrected chi connectivity index (χ4v) is 2.42. The smallest absolute Gasteiger partial charge is 0.496 e. The summed E-state index contributed by atoms with van der Waals surface area (Å²) < 4.78 is 45.5. The van der Waals surface area contributed by atoms with Gasteiger partial charge in [-0.3, -0.25) is 0 Å². The molecular formula is C14H18F3NO3. The van der Waals surface area contributed by atoms with Gasteiger partial charge in [0, 0.05) is 11.6 Å². The van der Waals surface area contributed by atoms with Crippen LogP contribution in [-0.2, 0) is 0 Å². The van der Waals surface area contributed by atoms with Crippen LogP contribution < -0.4 is 15.2 Å². The number of hydrogen-bond acceptors (Lipinski definition) is 4. The van der Waals surface area contributed by atoms with E-state index in [0.29, 0.717) is 5.56 Å². The third-order valence-electron chi connectivity index (χ3n) is 3.80. The van der Waals surface area contributed by atoms with Gasteiger partial charge in [-0.05, 0) is 30.9 Å². The van der Waals surface area contributed by atoms with Crippen LogP contribution in [0.2, 0.25) is 0 Å². The number of halogens is 3. The molecule has 1 aromatic carbocycles. The molecule has 0 aliphatic heterocycles. The van der Waals surface area contributed by atoms with Crippen LogP contribution in [0.15, 0.2) is 18.2 Å². The van der Waals surface area contributed by atoms with E-state index in [1.807, 2.05) is 0 Å². The summed E-state index contributed by atoms with van der Waals surface area (Å²) in [5, 5.41) is 10.2. The van der Waals surface area contributed by atoms with Crippen molar-refractivity contribution in [1.82, 2.24) is 0 Å². The summed E-state index contributed by atoms with van der Waals surface area (Å²) in [6.45, 7) is 0. The van der Waals surface area contributed by atoms with Crippen LogP contribution in [0.3, 0.4) is 0 Å². The second-order valence-electron chi connectivity index (χ2n) is 5.16. The van der Waals surface area contributed by atoms with Crippen LogP contribution >= 0.6 is 0 Å². The van der Waals surface area contributed by atoms with Crippen LogP contribution in [-0.4, -0.2) is 24.7 Å². The van der Waals surface area contributed by atoms with Gasteiger partial charge < -0.3 is 20.3 Å². The number of rotatable bonds is 5. The molecule has 3 N–H and O–H groups in total. The molecule has 118 valence electrons. The highest BCUT2D eigenvalue weighted by atomic mass is 19.4. The van der Waals surface area contributed by atoms with E-state index in [1.54, 1.807) is 0 Å². The van der Waals surface area contributed by atoms with Gasteiger partial charge in [0.1, 0.15) is 11.5 Å². The average Bonchev–Trinajstić information content (AvgIpc) is 2.33. The first kappa shape index (κ1) is 15.9. The van der Waals surface area contributed by atoms with Crippen molar-refractivity contribution in [1.29, 1.82) is 0 Å². The van der Waals surface area contributed by atoms with Crippen molar-refractivity contribution in [2.75, 3.05) is 7.11 Å². The third-order valence-corrected chi connectivity index (χ3v) is 3.80. The van der Waals surface area contributed by atoms with Gasteiger partial charge >= 0.3 is 6.36 Å². The summed E-state index contributed by atoms with van der Waals surface area (Å²) in [5.74, 6) is -0.0770. The topological polar surface area (TPSA) is 64.7 Å². The minimum Gasteiger partial charge on any atom is -0.496 e. The molecule has 0 unspecified atom stereocenters.